The lowest BCUT2D eigenvalue weighted by molar-refractivity contribution is 0.706. The smallest absolute Gasteiger partial charge is 0.0642 e. The SMILES string of the molecule is CCCN(CC1CC1)c1c(Cl)cccc1CBr. The molecule has 94 valence electrons. The Morgan fingerprint density at radius 1 is 1.41 bits per heavy atom. The zero-order valence-electron chi connectivity index (χ0n) is 10.3. The number of hydrogen-bond donors (Lipinski definition) is 0. The van der Waals surface area contributed by atoms with Crippen LogP contribution in [0.3, 0.4) is 0 Å². The van der Waals surface area contributed by atoms with Crippen LogP contribution in [0.1, 0.15) is 31.7 Å². The molecule has 17 heavy (non-hydrogen) atoms. The molecule has 0 aliphatic heterocycles. The van der Waals surface area contributed by atoms with Crippen molar-refractivity contribution in [1.29, 1.82) is 0 Å². The molecule has 0 aromatic heterocycles. The van der Waals surface area contributed by atoms with Gasteiger partial charge >= 0.3 is 0 Å². The largest absolute Gasteiger partial charge is 0.370 e. The van der Waals surface area contributed by atoms with Crippen molar-refractivity contribution in [3.8, 4) is 0 Å². The Bertz CT molecular complexity index is 376. The van der Waals surface area contributed by atoms with Crippen molar-refractivity contribution in [1.82, 2.24) is 0 Å². The summed E-state index contributed by atoms with van der Waals surface area (Å²) in [4.78, 5) is 2.47. The van der Waals surface area contributed by atoms with E-state index in [1.165, 1.54) is 30.5 Å². The summed E-state index contributed by atoms with van der Waals surface area (Å²) >= 11 is 9.94. The molecule has 1 nitrogen and oxygen atoms in total. The second-order valence-corrected chi connectivity index (χ2v) is 5.74. The molecule has 0 amide bonds. The van der Waals surface area contributed by atoms with Crippen molar-refractivity contribution in [3.63, 3.8) is 0 Å². The summed E-state index contributed by atoms with van der Waals surface area (Å²) in [6, 6.07) is 6.19. The number of nitrogens with zero attached hydrogens (tertiary/aromatic N) is 1. The van der Waals surface area contributed by atoms with E-state index in [0.717, 1.165) is 29.4 Å². The molecule has 1 saturated carbocycles. The minimum absolute atomic E-state index is 0.869. The molecule has 1 fully saturated rings. The van der Waals surface area contributed by atoms with Crippen LogP contribution >= 0.6 is 27.5 Å². The monoisotopic (exact) mass is 315 g/mol. The van der Waals surface area contributed by atoms with Gasteiger partial charge in [0.2, 0.25) is 0 Å². The quantitative estimate of drug-likeness (QED) is 0.677. The average Bonchev–Trinajstić information content (AvgIpc) is 3.12. The Morgan fingerprint density at radius 2 is 2.18 bits per heavy atom. The first-order chi connectivity index (χ1) is 8.26. The molecule has 0 spiro atoms. The summed E-state index contributed by atoms with van der Waals surface area (Å²) < 4.78 is 0. The summed E-state index contributed by atoms with van der Waals surface area (Å²) in [7, 11) is 0. The topological polar surface area (TPSA) is 3.24 Å². The minimum atomic E-state index is 0.869. The van der Waals surface area contributed by atoms with Crippen LogP contribution in [0.15, 0.2) is 18.2 Å². The van der Waals surface area contributed by atoms with Gasteiger partial charge in [-0.25, -0.2) is 0 Å². The first kappa shape index (κ1) is 13.2. The van der Waals surface area contributed by atoms with Crippen LogP contribution in [0.25, 0.3) is 0 Å². The Kier molecular flexibility index (Phi) is 4.75. The van der Waals surface area contributed by atoms with Crippen molar-refractivity contribution in [2.75, 3.05) is 18.0 Å². The van der Waals surface area contributed by atoms with Gasteiger partial charge in [-0.3, -0.25) is 0 Å². The Labute approximate surface area is 117 Å². The molecule has 0 atom stereocenters. The zero-order valence-corrected chi connectivity index (χ0v) is 12.6. The van der Waals surface area contributed by atoms with E-state index < -0.39 is 0 Å². The molecule has 1 aliphatic rings. The van der Waals surface area contributed by atoms with Crippen LogP contribution in [0.4, 0.5) is 5.69 Å². The van der Waals surface area contributed by atoms with Gasteiger partial charge in [-0.05, 0) is 36.8 Å². The van der Waals surface area contributed by atoms with Crippen LogP contribution in [-0.2, 0) is 5.33 Å². The maximum Gasteiger partial charge on any atom is 0.0642 e. The summed E-state index contributed by atoms with van der Waals surface area (Å²) in [5.74, 6) is 0.890. The number of hydrogen-bond acceptors (Lipinski definition) is 1. The molecule has 0 unspecified atom stereocenters. The van der Waals surface area contributed by atoms with Crippen LogP contribution in [0, 0.1) is 5.92 Å². The highest BCUT2D eigenvalue weighted by Crippen LogP contribution is 2.36. The van der Waals surface area contributed by atoms with Gasteiger partial charge in [0, 0.05) is 18.4 Å². The van der Waals surface area contributed by atoms with Gasteiger partial charge in [0.25, 0.3) is 0 Å². The molecule has 1 aromatic carbocycles. The third kappa shape index (κ3) is 3.38. The van der Waals surface area contributed by atoms with E-state index in [0.29, 0.717) is 0 Å². The van der Waals surface area contributed by atoms with Crippen molar-refractivity contribution in [2.24, 2.45) is 5.92 Å². The van der Waals surface area contributed by atoms with Crippen LogP contribution in [-0.4, -0.2) is 13.1 Å². The fourth-order valence-electron chi connectivity index (χ4n) is 2.20. The van der Waals surface area contributed by atoms with Crippen molar-refractivity contribution in [2.45, 2.75) is 31.5 Å². The number of para-hydroxylation sites is 1. The van der Waals surface area contributed by atoms with Gasteiger partial charge in [0.15, 0.2) is 0 Å². The molecule has 2 rings (SSSR count). The van der Waals surface area contributed by atoms with Crippen LogP contribution in [0.5, 0.6) is 0 Å². The number of anilines is 1. The second-order valence-electron chi connectivity index (χ2n) is 4.77. The molecular formula is C14H19BrClN. The maximum atomic E-state index is 6.38. The lowest BCUT2D eigenvalue weighted by atomic mass is 10.1. The highest BCUT2D eigenvalue weighted by molar-refractivity contribution is 9.08. The molecule has 0 heterocycles. The Balaban J connectivity index is 2.25. The molecule has 3 heteroatoms. The van der Waals surface area contributed by atoms with Gasteiger partial charge in [-0.1, -0.05) is 46.6 Å². The van der Waals surface area contributed by atoms with E-state index in [-0.39, 0.29) is 0 Å². The average molecular weight is 317 g/mol. The summed E-state index contributed by atoms with van der Waals surface area (Å²) in [5.41, 5.74) is 2.53. The first-order valence-electron chi connectivity index (χ1n) is 6.34. The minimum Gasteiger partial charge on any atom is -0.370 e. The van der Waals surface area contributed by atoms with Gasteiger partial charge < -0.3 is 4.90 Å². The predicted octanol–water partition coefficient (Wildman–Crippen LogP) is 4.86. The van der Waals surface area contributed by atoms with Crippen molar-refractivity contribution in [3.05, 3.63) is 28.8 Å². The first-order valence-corrected chi connectivity index (χ1v) is 7.84. The predicted molar refractivity (Wildman–Crippen MR) is 79.3 cm³/mol. The summed E-state index contributed by atoms with van der Waals surface area (Å²) in [5, 5.41) is 1.75. The number of halogens is 2. The van der Waals surface area contributed by atoms with Gasteiger partial charge in [-0.15, -0.1) is 0 Å². The lowest BCUT2D eigenvalue weighted by Crippen LogP contribution is -2.27. The molecule has 1 aromatic rings. The van der Waals surface area contributed by atoms with Crippen molar-refractivity contribution < 1.29 is 0 Å². The van der Waals surface area contributed by atoms with E-state index in [2.05, 4.69) is 33.8 Å². The van der Waals surface area contributed by atoms with Crippen LogP contribution in [0.2, 0.25) is 5.02 Å². The molecule has 0 bridgehead atoms. The Morgan fingerprint density at radius 3 is 2.76 bits per heavy atom. The molecule has 0 N–H and O–H groups in total. The number of alkyl halides is 1. The summed E-state index contributed by atoms with van der Waals surface area (Å²) in [6.45, 7) is 4.49. The maximum absolute atomic E-state index is 6.38. The van der Waals surface area contributed by atoms with E-state index >= 15 is 0 Å². The molecular weight excluding hydrogens is 298 g/mol. The Hall–Kier alpha value is -0.210. The van der Waals surface area contributed by atoms with Gasteiger partial charge in [-0.2, -0.15) is 0 Å². The standard InChI is InChI=1S/C14H19BrClN/c1-2-8-17(10-11-6-7-11)14-12(9-15)4-3-5-13(14)16/h3-5,11H,2,6-10H2,1H3. The van der Waals surface area contributed by atoms with Gasteiger partial charge in [0.05, 0.1) is 10.7 Å². The highest BCUT2D eigenvalue weighted by atomic mass is 79.9. The zero-order chi connectivity index (χ0) is 12.3. The van der Waals surface area contributed by atoms with Gasteiger partial charge in [0.1, 0.15) is 0 Å². The van der Waals surface area contributed by atoms with E-state index in [1.54, 1.807) is 0 Å². The number of benzene rings is 1. The van der Waals surface area contributed by atoms with Crippen molar-refractivity contribution >= 4 is 33.2 Å². The van der Waals surface area contributed by atoms with E-state index in [4.69, 9.17) is 11.6 Å². The second kappa shape index (κ2) is 6.10. The third-order valence-electron chi connectivity index (χ3n) is 3.20. The fraction of sp³-hybridized carbons (Fsp3) is 0.571. The number of rotatable bonds is 6. The van der Waals surface area contributed by atoms with Crippen LogP contribution < -0.4 is 4.90 Å². The molecule has 0 radical (unpaired) electrons. The highest BCUT2D eigenvalue weighted by Gasteiger charge is 2.25. The third-order valence-corrected chi connectivity index (χ3v) is 4.11. The van der Waals surface area contributed by atoms with E-state index in [9.17, 15) is 0 Å². The lowest BCUT2D eigenvalue weighted by Gasteiger charge is -2.27. The molecule has 1 aliphatic carbocycles. The van der Waals surface area contributed by atoms with E-state index in [1.807, 2.05) is 12.1 Å². The summed E-state index contributed by atoms with van der Waals surface area (Å²) in [6.07, 6.45) is 3.93. The normalized spacial score (nSPS) is 15.0. The molecule has 0 saturated heterocycles. The fourth-order valence-corrected chi connectivity index (χ4v) is 2.96.